The zero-order valence-electron chi connectivity index (χ0n) is 11.1. The molecular formula is C14H12F3N3O. The predicted octanol–water partition coefficient (Wildman–Crippen LogP) is 2.73. The van der Waals surface area contributed by atoms with E-state index in [2.05, 4.69) is 15.3 Å². The van der Waals surface area contributed by atoms with Crippen LogP contribution in [0.5, 0.6) is 0 Å². The number of amides is 1. The highest BCUT2D eigenvalue weighted by atomic mass is 19.4. The Balaban J connectivity index is 2.07. The van der Waals surface area contributed by atoms with E-state index in [9.17, 15) is 18.0 Å². The lowest BCUT2D eigenvalue weighted by Gasteiger charge is -2.09. The van der Waals surface area contributed by atoms with Crippen LogP contribution in [0.4, 0.5) is 13.2 Å². The highest BCUT2D eigenvalue weighted by Gasteiger charge is 2.30. The third-order valence-corrected chi connectivity index (χ3v) is 2.74. The lowest BCUT2D eigenvalue weighted by Crippen LogP contribution is -2.23. The van der Waals surface area contributed by atoms with Crippen molar-refractivity contribution in [3.05, 3.63) is 59.2 Å². The second-order valence-electron chi connectivity index (χ2n) is 4.41. The molecule has 1 amide bonds. The SMILES string of the molecule is Cc1cc(CNC(=O)c2cccc(C(F)(F)F)c2)ncn1. The minimum absolute atomic E-state index is 0.0457. The van der Waals surface area contributed by atoms with E-state index < -0.39 is 17.6 Å². The number of nitrogens with one attached hydrogen (secondary N) is 1. The number of halogens is 3. The van der Waals surface area contributed by atoms with Crippen LogP contribution >= 0.6 is 0 Å². The molecular weight excluding hydrogens is 283 g/mol. The summed E-state index contributed by atoms with van der Waals surface area (Å²) in [6.45, 7) is 1.90. The number of hydrogen-bond acceptors (Lipinski definition) is 3. The minimum Gasteiger partial charge on any atom is -0.346 e. The van der Waals surface area contributed by atoms with Gasteiger partial charge in [-0.25, -0.2) is 9.97 Å². The van der Waals surface area contributed by atoms with Crippen LogP contribution in [0.15, 0.2) is 36.7 Å². The third-order valence-electron chi connectivity index (χ3n) is 2.74. The highest BCUT2D eigenvalue weighted by Crippen LogP contribution is 2.29. The molecule has 0 aliphatic rings. The average Bonchev–Trinajstić information content (AvgIpc) is 2.44. The van der Waals surface area contributed by atoms with E-state index in [0.29, 0.717) is 5.69 Å². The van der Waals surface area contributed by atoms with Gasteiger partial charge in [0.1, 0.15) is 6.33 Å². The van der Waals surface area contributed by atoms with Crippen molar-refractivity contribution in [2.75, 3.05) is 0 Å². The second-order valence-corrected chi connectivity index (χ2v) is 4.41. The van der Waals surface area contributed by atoms with E-state index >= 15 is 0 Å². The van der Waals surface area contributed by atoms with Gasteiger partial charge in [0, 0.05) is 11.3 Å². The summed E-state index contributed by atoms with van der Waals surface area (Å²) in [6.07, 6.45) is -3.11. The van der Waals surface area contributed by atoms with Crippen molar-refractivity contribution in [2.45, 2.75) is 19.6 Å². The second kappa shape index (κ2) is 5.90. The Morgan fingerprint density at radius 3 is 2.67 bits per heavy atom. The molecule has 21 heavy (non-hydrogen) atoms. The first-order chi connectivity index (χ1) is 9.86. The van der Waals surface area contributed by atoms with Gasteiger partial charge in [-0.05, 0) is 31.2 Å². The molecule has 0 saturated carbocycles. The lowest BCUT2D eigenvalue weighted by molar-refractivity contribution is -0.137. The number of carbonyl (C=O) groups is 1. The topological polar surface area (TPSA) is 54.9 Å². The molecule has 4 nitrogen and oxygen atoms in total. The number of aromatic nitrogens is 2. The summed E-state index contributed by atoms with van der Waals surface area (Å²) in [5, 5.41) is 2.52. The smallest absolute Gasteiger partial charge is 0.346 e. The van der Waals surface area contributed by atoms with Crippen molar-refractivity contribution < 1.29 is 18.0 Å². The lowest BCUT2D eigenvalue weighted by atomic mass is 10.1. The molecule has 1 N–H and O–H groups in total. The molecule has 0 atom stereocenters. The van der Waals surface area contributed by atoms with Gasteiger partial charge >= 0.3 is 6.18 Å². The molecule has 1 aromatic heterocycles. The molecule has 0 bridgehead atoms. The fourth-order valence-electron chi connectivity index (χ4n) is 1.72. The van der Waals surface area contributed by atoms with Crippen molar-refractivity contribution in [3.63, 3.8) is 0 Å². The minimum atomic E-state index is -4.47. The Hall–Kier alpha value is -2.44. The maximum Gasteiger partial charge on any atom is 0.416 e. The number of rotatable bonds is 3. The predicted molar refractivity (Wildman–Crippen MR) is 69.4 cm³/mol. The number of carbonyl (C=O) groups excluding carboxylic acids is 1. The summed E-state index contributed by atoms with van der Waals surface area (Å²) in [6, 6.07) is 5.96. The van der Waals surface area contributed by atoms with Gasteiger partial charge in [0.2, 0.25) is 0 Å². The molecule has 0 unspecified atom stereocenters. The summed E-state index contributed by atoms with van der Waals surface area (Å²) < 4.78 is 37.7. The average molecular weight is 295 g/mol. The fraction of sp³-hybridized carbons (Fsp3) is 0.214. The van der Waals surface area contributed by atoms with Gasteiger partial charge in [0.05, 0.1) is 17.8 Å². The third kappa shape index (κ3) is 4.01. The molecule has 2 rings (SSSR count). The Kier molecular flexibility index (Phi) is 4.21. The first kappa shape index (κ1) is 15.0. The van der Waals surface area contributed by atoms with Crippen LogP contribution in [-0.4, -0.2) is 15.9 Å². The molecule has 0 fully saturated rings. The summed E-state index contributed by atoms with van der Waals surface area (Å²) in [7, 11) is 0. The molecule has 0 radical (unpaired) electrons. The van der Waals surface area contributed by atoms with E-state index in [1.54, 1.807) is 13.0 Å². The molecule has 0 spiro atoms. The largest absolute Gasteiger partial charge is 0.416 e. The monoisotopic (exact) mass is 295 g/mol. The zero-order chi connectivity index (χ0) is 15.5. The van der Waals surface area contributed by atoms with Crippen molar-refractivity contribution in [2.24, 2.45) is 0 Å². The van der Waals surface area contributed by atoms with Gasteiger partial charge in [-0.1, -0.05) is 6.07 Å². The number of hydrogen-bond donors (Lipinski definition) is 1. The van der Waals surface area contributed by atoms with Crippen molar-refractivity contribution >= 4 is 5.91 Å². The fourth-order valence-corrected chi connectivity index (χ4v) is 1.72. The van der Waals surface area contributed by atoms with Gasteiger partial charge in [0.25, 0.3) is 5.91 Å². The maximum atomic E-state index is 12.6. The Labute approximate surface area is 119 Å². The van der Waals surface area contributed by atoms with E-state index in [1.165, 1.54) is 18.5 Å². The Morgan fingerprint density at radius 2 is 2.00 bits per heavy atom. The molecule has 1 aromatic carbocycles. The zero-order valence-corrected chi connectivity index (χ0v) is 11.1. The van der Waals surface area contributed by atoms with Crippen LogP contribution in [-0.2, 0) is 12.7 Å². The van der Waals surface area contributed by atoms with Crippen LogP contribution in [0, 0.1) is 6.92 Å². The Morgan fingerprint density at radius 1 is 1.24 bits per heavy atom. The van der Waals surface area contributed by atoms with Gasteiger partial charge in [-0.3, -0.25) is 4.79 Å². The highest BCUT2D eigenvalue weighted by molar-refractivity contribution is 5.94. The number of alkyl halides is 3. The van der Waals surface area contributed by atoms with Crippen LogP contribution in [0.25, 0.3) is 0 Å². The van der Waals surface area contributed by atoms with Gasteiger partial charge in [0.15, 0.2) is 0 Å². The molecule has 0 saturated heterocycles. The first-order valence-electron chi connectivity index (χ1n) is 6.09. The summed E-state index contributed by atoms with van der Waals surface area (Å²) >= 11 is 0. The van der Waals surface area contributed by atoms with Gasteiger partial charge in [-0.2, -0.15) is 13.2 Å². The summed E-state index contributed by atoms with van der Waals surface area (Å²) in [4.78, 5) is 19.7. The number of aryl methyl sites for hydroxylation is 1. The van der Waals surface area contributed by atoms with Crippen LogP contribution in [0.1, 0.15) is 27.3 Å². The van der Waals surface area contributed by atoms with Gasteiger partial charge in [-0.15, -0.1) is 0 Å². The van der Waals surface area contributed by atoms with Crippen molar-refractivity contribution in [1.29, 1.82) is 0 Å². The molecule has 2 aromatic rings. The quantitative estimate of drug-likeness (QED) is 0.947. The first-order valence-corrected chi connectivity index (χ1v) is 6.09. The summed E-state index contributed by atoms with van der Waals surface area (Å²) in [5.41, 5.74) is 0.430. The normalized spacial score (nSPS) is 11.2. The van der Waals surface area contributed by atoms with Crippen molar-refractivity contribution in [1.82, 2.24) is 15.3 Å². The maximum absolute atomic E-state index is 12.6. The molecule has 0 aliphatic carbocycles. The van der Waals surface area contributed by atoms with Crippen LogP contribution in [0.2, 0.25) is 0 Å². The molecule has 0 aliphatic heterocycles. The van der Waals surface area contributed by atoms with E-state index in [4.69, 9.17) is 0 Å². The van der Waals surface area contributed by atoms with Gasteiger partial charge < -0.3 is 5.32 Å². The molecule has 110 valence electrons. The molecule has 7 heteroatoms. The van der Waals surface area contributed by atoms with Crippen LogP contribution < -0.4 is 5.32 Å². The molecule has 1 heterocycles. The summed E-state index contributed by atoms with van der Waals surface area (Å²) in [5.74, 6) is -0.586. The van der Waals surface area contributed by atoms with E-state index in [-0.39, 0.29) is 12.1 Å². The van der Waals surface area contributed by atoms with Crippen LogP contribution in [0.3, 0.4) is 0 Å². The van der Waals surface area contributed by atoms with Crippen molar-refractivity contribution in [3.8, 4) is 0 Å². The number of benzene rings is 1. The number of nitrogens with zero attached hydrogens (tertiary/aromatic N) is 2. The van der Waals surface area contributed by atoms with E-state index in [0.717, 1.165) is 17.8 Å². The van der Waals surface area contributed by atoms with E-state index in [1.807, 2.05) is 0 Å². The standard InChI is InChI=1S/C14H12F3N3O/c1-9-5-12(20-8-19-9)7-18-13(21)10-3-2-4-11(6-10)14(15,16)17/h2-6,8H,7H2,1H3,(H,18,21). The Bertz CT molecular complexity index is 656.